The minimum absolute atomic E-state index is 0.0928. The molecular weight excluding hydrogens is 552 g/mol. The van der Waals surface area contributed by atoms with Gasteiger partial charge in [0.2, 0.25) is 0 Å². The molecule has 0 aliphatic rings. The maximum Gasteiger partial charge on any atom is 0.250 e. The van der Waals surface area contributed by atoms with Gasteiger partial charge in [0, 0.05) is 46.1 Å². The van der Waals surface area contributed by atoms with Crippen LogP contribution in [-0.2, 0) is 4.79 Å². The standard InChI is InChI=1S/C27H27BrN6O2S/c1-3-33(4-2)23-15-12-20(24(35)16-23)17-29-30-25(36)18-37-27-32-31-26(19-10-13-21(28)14-11-19)34(27)22-8-6-5-7-9-22/h5-17,35H,3-4,18H2,1-2H3,(H,30,36). The molecule has 37 heavy (non-hydrogen) atoms. The molecule has 8 nitrogen and oxygen atoms in total. The molecular formula is C27H27BrN6O2S. The highest BCUT2D eigenvalue weighted by molar-refractivity contribution is 9.10. The van der Waals surface area contributed by atoms with Gasteiger partial charge in [0.15, 0.2) is 11.0 Å². The fourth-order valence-electron chi connectivity index (χ4n) is 3.72. The Labute approximate surface area is 228 Å². The molecule has 4 rings (SSSR count). The molecule has 3 aromatic carbocycles. The van der Waals surface area contributed by atoms with Crippen LogP contribution in [0.1, 0.15) is 19.4 Å². The van der Waals surface area contributed by atoms with Crippen LogP contribution in [0.25, 0.3) is 17.1 Å². The molecule has 0 saturated carbocycles. The third-order valence-electron chi connectivity index (χ3n) is 5.62. The van der Waals surface area contributed by atoms with Gasteiger partial charge in [-0.1, -0.05) is 58.0 Å². The number of nitrogens with zero attached hydrogens (tertiary/aromatic N) is 5. The molecule has 0 atom stereocenters. The van der Waals surface area contributed by atoms with Gasteiger partial charge in [0.05, 0.1) is 12.0 Å². The summed E-state index contributed by atoms with van der Waals surface area (Å²) in [6.07, 6.45) is 1.43. The van der Waals surface area contributed by atoms with Crippen molar-refractivity contribution in [1.82, 2.24) is 20.2 Å². The zero-order chi connectivity index (χ0) is 26.2. The van der Waals surface area contributed by atoms with E-state index in [0.29, 0.717) is 16.5 Å². The molecule has 1 heterocycles. The first-order valence-electron chi connectivity index (χ1n) is 11.8. The number of aromatic hydroxyl groups is 1. The van der Waals surface area contributed by atoms with Gasteiger partial charge >= 0.3 is 0 Å². The average Bonchev–Trinajstić information content (AvgIpc) is 3.34. The van der Waals surface area contributed by atoms with Crippen LogP contribution in [0.15, 0.2) is 87.5 Å². The van der Waals surface area contributed by atoms with E-state index >= 15 is 0 Å². The lowest BCUT2D eigenvalue weighted by molar-refractivity contribution is -0.118. The number of hydrazone groups is 1. The molecule has 0 radical (unpaired) electrons. The third kappa shape index (κ3) is 6.58. The largest absolute Gasteiger partial charge is 0.507 e. The van der Waals surface area contributed by atoms with E-state index in [-0.39, 0.29) is 17.4 Å². The van der Waals surface area contributed by atoms with Crippen molar-refractivity contribution in [3.63, 3.8) is 0 Å². The fourth-order valence-corrected chi connectivity index (χ4v) is 4.73. The maximum atomic E-state index is 12.5. The van der Waals surface area contributed by atoms with Crippen molar-refractivity contribution >= 4 is 45.5 Å². The number of thioether (sulfide) groups is 1. The van der Waals surface area contributed by atoms with Gasteiger partial charge in [-0.3, -0.25) is 9.36 Å². The van der Waals surface area contributed by atoms with Crippen molar-refractivity contribution in [3.8, 4) is 22.8 Å². The lowest BCUT2D eigenvalue weighted by atomic mass is 10.2. The first-order valence-corrected chi connectivity index (χ1v) is 13.6. The van der Waals surface area contributed by atoms with Crippen molar-refractivity contribution in [2.24, 2.45) is 5.10 Å². The van der Waals surface area contributed by atoms with E-state index in [1.54, 1.807) is 12.1 Å². The molecule has 1 amide bonds. The van der Waals surface area contributed by atoms with Gasteiger partial charge in [-0.05, 0) is 50.2 Å². The minimum Gasteiger partial charge on any atom is -0.507 e. The van der Waals surface area contributed by atoms with Crippen molar-refractivity contribution in [1.29, 1.82) is 0 Å². The van der Waals surface area contributed by atoms with Gasteiger partial charge in [-0.2, -0.15) is 5.10 Å². The number of hydrogen-bond donors (Lipinski definition) is 2. The Hall–Kier alpha value is -3.63. The van der Waals surface area contributed by atoms with Gasteiger partial charge in [0.1, 0.15) is 5.75 Å². The highest BCUT2D eigenvalue weighted by Gasteiger charge is 2.17. The van der Waals surface area contributed by atoms with E-state index in [2.05, 4.69) is 55.4 Å². The number of hydrogen-bond acceptors (Lipinski definition) is 7. The predicted molar refractivity (Wildman–Crippen MR) is 153 cm³/mol. The van der Waals surface area contributed by atoms with Crippen LogP contribution >= 0.6 is 27.7 Å². The molecule has 0 aliphatic heterocycles. The van der Waals surface area contributed by atoms with Crippen LogP contribution in [0.5, 0.6) is 5.75 Å². The van der Waals surface area contributed by atoms with E-state index < -0.39 is 0 Å². The predicted octanol–water partition coefficient (Wildman–Crippen LogP) is 5.49. The second-order valence-corrected chi connectivity index (χ2v) is 9.84. The number of phenolic OH excluding ortho intramolecular Hbond substituents is 1. The number of carbonyl (C=O) groups excluding carboxylic acids is 1. The summed E-state index contributed by atoms with van der Waals surface area (Å²) >= 11 is 4.73. The summed E-state index contributed by atoms with van der Waals surface area (Å²) in [4.78, 5) is 14.6. The number of para-hydroxylation sites is 1. The van der Waals surface area contributed by atoms with Gasteiger partial charge in [-0.25, -0.2) is 5.43 Å². The van der Waals surface area contributed by atoms with Crippen molar-refractivity contribution in [3.05, 3.63) is 82.8 Å². The Kier molecular flexibility index (Phi) is 8.97. The topological polar surface area (TPSA) is 95.6 Å². The summed E-state index contributed by atoms with van der Waals surface area (Å²) in [6, 6.07) is 23.0. The summed E-state index contributed by atoms with van der Waals surface area (Å²) in [5.41, 5.74) is 5.78. The number of anilines is 1. The lowest BCUT2D eigenvalue weighted by Crippen LogP contribution is -2.21. The molecule has 0 aliphatic carbocycles. The number of nitrogens with one attached hydrogen (secondary N) is 1. The van der Waals surface area contributed by atoms with Crippen LogP contribution in [0.3, 0.4) is 0 Å². The molecule has 0 bridgehead atoms. The maximum absolute atomic E-state index is 12.5. The zero-order valence-electron chi connectivity index (χ0n) is 20.5. The Balaban J connectivity index is 1.44. The van der Waals surface area contributed by atoms with Crippen LogP contribution in [0.4, 0.5) is 5.69 Å². The SMILES string of the molecule is CCN(CC)c1ccc(C=NNC(=O)CSc2nnc(-c3ccc(Br)cc3)n2-c2ccccc2)c(O)c1. The van der Waals surface area contributed by atoms with E-state index in [4.69, 9.17) is 0 Å². The molecule has 0 spiro atoms. The number of aromatic nitrogens is 3. The molecule has 4 aromatic rings. The van der Waals surface area contributed by atoms with Crippen molar-refractivity contribution in [2.75, 3.05) is 23.7 Å². The third-order valence-corrected chi connectivity index (χ3v) is 7.08. The number of halogens is 1. The number of phenols is 1. The summed E-state index contributed by atoms with van der Waals surface area (Å²) in [6.45, 7) is 5.82. The average molecular weight is 580 g/mol. The second-order valence-electron chi connectivity index (χ2n) is 7.98. The highest BCUT2D eigenvalue weighted by atomic mass is 79.9. The van der Waals surface area contributed by atoms with E-state index in [1.807, 2.05) is 65.2 Å². The van der Waals surface area contributed by atoms with Crippen molar-refractivity contribution < 1.29 is 9.90 Å². The summed E-state index contributed by atoms with van der Waals surface area (Å²) in [5.74, 6) is 0.583. The molecule has 190 valence electrons. The molecule has 0 unspecified atom stereocenters. The Morgan fingerprint density at radius 2 is 1.81 bits per heavy atom. The quantitative estimate of drug-likeness (QED) is 0.147. The molecule has 10 heteroatoms. The Morgan fingerprint density at radius 3 is 2.49 bits per heavy atom. The monoisotopic (exact) mass is 578 g/mol. The lowest BCUT2D eigenvalue weighted by Gasteiger charge is -2.21. The first-order chi connectivity index (χ1) is 18.0. The molecule has 0 fully saturated rings. The number of benzene rings is 3. The normalized spacial score (nSPS) is 11.1. The van der Waals surface area contributed by atoms with Crippen LogP contribution in [0.2, 0.25) is 0 Å². The second kappa shape index (κ2) is 12.6. The molecule has 2 N–H and O–H groups in total. The van der Waals surface area contributed by atoms with Gasteiger partial charge in [-0.15, -0.1) is 10.2 Å². The number of amides is 1. The van der Waals surface area contributed by atoms with Gasteiger partial charge < -0.3 is 10.0 Å². The van der Waals surface area contributed by atoms with Crippen molar-refractivity contribution in [2.45, 2.75) is 19.0 Å². The summed E-state index contributed by atoms with van der Waals surface area (Å²) in [5, 5.41) is 23.7. The molecule has 0 saturated heterocycles. The summed E-state index contributed by atoms with van der Waals surface area (Å²) < 4.78 is 2.90. The first kappa shape index (κ1) is 26.4. The van der Waals surface area contributed by atoms with E-state index in [0.717, 1.165) is 34.5 Å². The smallest absolute Gasteiger partial charge is 0.250 e. The van der Waals surface area contributed by atoms with E-state index in [9.17, 15) is 9.90 Å². The summed E-state index contributed by atoms with van der Waals surface area (Å²) in [7, 11) is 0. The van der Waals surface area contributed by atoms with Gasteiger partial charge in [0.25, 0.3) is 5.91 Å². The van der Waals surface area contributed by atoms with E-state index in [1.165, 1.54) is 18.0 Å². The Morgan fingerprint density at radius 1 is 1.08 bits per heavy atom. The zero-order valence-corrected chi connectivity index (χ0v) is 22.9. The van der Waals surface area contributed by atoms with Crippen LogP contribution < -0.4 is 10.3 Å². The van der Waals surface area contributed by atoms with Crippen LogP contribution in [0, 0.1) is 0 Å². The van der Waals surface area contributed by atoms with Crippen LogP contribution in [-0.4, -0.2) is 50.8 Å². The molecule has 1 aromatic heterocycles. The highest BCUT2D eigenvalue weighted by Crippen LogP contribution is 2.29. The number of carbonyl (C=O) groups is 1. The fraction of sp³-hybridized carbons (Fsp3) is 0.185. The minimum atomic E-state index is -0.298. The Bertz CT molecular complexity index is 1370. The number of rotatable bonds is 10.